The van der Waals surface area contributed by atoms with Crippen molar-refractivity contribution in [2.45, 2.75) is 6.29 Å². The molecule has 1 aromatic heterocycles. The molecule has 0 spiro atoms. The van der Waals surface area contributed by atoms with Gasteiger partial charge in [-0.05, 0) is 6.07 Å². The van der Waals surface area contributed by atoms with Gasteiger partial charge in [-0.25, -0.2) is 14.2 Å². The summed E-state index contributed by atoms with van der Waals surface area (Å²) in [5.41, 5.74) is -0.688. The molecule has 132 valence electrons. The molecule has 0 atom stereocenters. The molecule has 0 bridgehead atoms. The first-order valence-corrected chi connectivity index (χ1v) is 7.06. The van der Waals surface area contributed by atoms with Gasteiger partial charge in [-0.1, -0.05) is 11.6 Å². The normalized spacial score (nSPS) is 14.3. The molecule has 2 heterocycles. The minimum Gasteiger partial charge on any atom is -0.494 e. The zero-order valence-corrected chi connectivity index (χ0v) is 13.5. The Morgan fingerprint density at radius 3 is 2.44 bits per heavy atom. The molecule has 1 aliphatic rings. The molecule has 0 saturated heterocycles. The number of hydrogen-bond acceptors (Lipinski definition) is 6. The van der Waals surface area contributed by atoms with E-state index in [0.29, 0.717) is 0 Å². The van der Waals surface area contributed by atoms with Gasteiger partial charge >= 0.3 is 12.3 Å². The summed E-state index contributed by atoms with van der Waals surface area (Å²) < 4.78 is 58.8. The van der Waals surface area contributed by atoms with Gasteiger partial charge in [0.05, 0.1) is 19.2 Å². The van der Waals surface area contributed by atoms with E-state index < -0.39 is 23.8 Å². The summed E-state index contributed by atoms with van der Waals surface area (Å²) in [6, 6.07) is 2.92. The van der Waals surface area contributed by atoms with Gasteiger partial charge in [0.1, 0.15) is 17.3 Å². The summed E-state index contributed by atoms with van der Waals surface area (Å²) in [5.74, 6) is -2.64. The molecule has 6 nitrogen and oxygen atoms in total. The standard InChI is InChI=1S/C15H9ClF3NO5/c1-22-11-4-7(16)13(14(21)23-2)20-12(11)6-3-9-10(5-8(6)17)25-15(18,19)24-9/h3-5H,1-2H3. The van der Waals surface area contributed by atoms with E-state index in [0.717, 1.165) is 19.2 Å². The van der Waals surface area contributed by atoms with Gasteiger partial charge in [-0.15, -0.1) is 8.78 Å². The molecule has 1 aliphatic heterocycles. The lowest BCUT2D eigenvalue weighted by molar-refractivity contribution is -0.286. The monoisotopic (exact) mass is 375 g/mol. The smallest absolute Gasteiger partial charge is 0.494 e. The third kappa shape index (κ3) is 3.02. The Morgan fingerprint density at radius 1 is 1.20 bits per heavy atom. The number of carbonyl (C=O) groups excluding carboxylic acids is 1. The lowest BCUT2D eigenvalue weighted by atomic mass is 10.1. The van der Waals surface area contributed by atoms with Gasteiger partial charge in [0, 0.05) is 17.7 Å². The van der Waals surface area contributed by atoms with Crippen molar-refractivity contribution in [1.29, 1.82) is 0 Å². The van der Waals surface area contributed by atoms with Crippen LogP contribution in [0.2, 0.25) is 5.02 Å². The number of fused-ring (bicyclic) bond motifs is 1. The van der Waals surface area contributed by atoms with Crippen LogP contribution in [0.5, 0.6) is 17.2 Å². The number of hydrogen-bond donors (Lipinski definition) is 0. The molecule has 0 N–H and O–H groups in total. The molecule has 0 saturated carbocycles. The second-order valence-corrected chi connectivity index (χ2v) is 5.21. The maximum atomic E-state index is 14.4. The van der Waals surface area contributed by atoms with Crippen molar-refractivity contribution in [2.75, 3.05) is 14.2 Å². The van der Waals surface area contributed by atoms with Gasteiger partial charge in [-0.2, -0.15) is 0 Å². The van der Waals surface area contributed by atoms with Crippen LogP contribution in [-0.2, 0) is 4.74 Å². The average Bonchev–Trinajstić information content (AvgIpc) is 2.86. The highest BCUT2D eigenvalue weighted by atomic mass is 35.5. The maximum Gasteiger partial charge on any atom is 0.586 e. The highest BCUT2D eigenvalue weighted by Crippen LogP contribution is 2.45. The molecule has 0 amide bonds. The zero-order valence-electron chi connectivity index (χ0n) is 12.7. The molecule has 1 aromatic carbocycles. The van der Waals surface area contributed by atoms with Crippen LogP contribution >= 0.6 is 11.6 Å². The Hall–Kier alpha value is -2.68. The van der Waals surface area contributed by atoms with Crippen molar-refractivity contribution in [3.8, 4) is 28.5 Å². The Labute approximate surface area is 144 Å². The number of pyridine rings is 1. The minimum absolute atomic E-state index is 0.0159. The zero-order chi connectivity index (χ0) is 18.4. The van der Waals surface area contributed by atoms with E-state index in [1.165, 1.54) is 13.2 Å². The van der Waals surface area contributed by atoms with Crippen LogP contribution in [-0.4, -0.2) is 31.5 Å². The summed E-state index contributed by atoms with van der Waals surface area (Å²) in [7, 11) is 2.39. The molecule has 0 fully saturated rings. The first-order valence-electron chi connectivity index (χ1n) is 6.68. The second-order valence-electron chi connectivity index (χ2n) is 4.81. The summed E-state index contributed by atoms with van der Waals surface area (Å²) in [6.07, 6.45) is -3.90. The Bertz CT molecular complexity index is 875. The molecule has 0 aliphatic carbocycles. The third-order valence-electron chi connectivity index (χ3n) is 3.29. The number of methoxy groups -OCH3 is 2. The first kappa shape index (κ1) is 17.2. The van der Waals surface area contributed by atoms with Gasteiger partial charge < -0.3 is 18.9 Å². The number of benzene rings is 1. The average molecular weight is 376 g/mol. The quantitative estimate of drug-likeness (QED) is 0.763. The number of alkyl halides is 2. The number of rotatable bonds is 3. The van der Waals surface area contributed by atoms with Gasteiger partial charge in [-0.3, -0.25) is 0 Å². The van der Waals surface area contributed by atoms with Crippen LogP contribution in [0.3, 0.4) is 0 Å². The molecular formula is C15H9ClF3NO5. The molecular weight excluding hydrogens is 367 g/mol. The van der Waals surface area contributed by atoms with E-state index in [2.05, 4.69) is 19.2 Å². The summed E-state index contributed by atoms with van der Waals surface area (Å²) in [6.45, 7) is 0. The van der Waals surface area contributed by atoms with Crippen molar-refractivity contribution in [1.82, 2.24) is 4.98 Å². The number of esters is 1. The van der Waals surface area contributed by atoms with Crippen LogP contribution < -0.4 is 14.2 Å². The summed E-state index contributed by atoms with van der Waals surface area (Å²) in [5, 5.41) is -0.0832. The van der Waals surface area contributed by atoms with E-state index in [9.17, 15) is 18.0 Å². The first-order chi connectivity index (χ1) is 11.8. The van der Waals surface area contributed by atoms with Crippen molar-refractivity contribution in [2.24, 2.45) is 0 Å². The summed E-state index contributed by atoms with van der Waals surface area (Å²) >= 11 is 5.93. The maximum absolute atomic E-state index is 14.4. The van der Waals surface area contributed by atoms with Gasteiger partial charge in [0.2, 0.25) is 0 Å². The fraction of sp³-hybridized carbons (Fsp3) is 0.200. The largest absolute Gasteiger partial charge is 0.586 e. The van der Waals surface area contributed by atoms with Crippen LogP contribution in [0.1, 0.15) is 10.5 Å². The molecule has 0 unspecified atom stereocenters. The van der Waals surface area contributed by atoms with E-state index in [1.54, 1.807) is 0 Å². The number of ether oxygens (including phenoxy) is 4. The Morgan fingerprint density at radius 2 is 1.84 bits per heavy atom. The molecule has 25 heavy (non-hydrogen) atoms. The predicted molar refractivity (Wildman–Crippen MR) is 78.7 cm³/mol. The highest BCUT2D eigenvalue weighted by Gasteiger charge is 2.44. The Balaban J connectivity index is 2.18. The van der Waals surface area contributed by atoms with Crippen LogP contribution in [0.25, 0.3) is 11.3 Å². The van der Waals surface area contributed by atoms with E-state index >= 15 is 0 Å². The van der Waals surface area contributed by atoms with E-state index in [4.69, 9.17) is 16.3 Å². The summed E-state index contributed by atoms with van der Waals surface area (Å²) in [4.78, 5) is 15.7. The molecule has 2 aromatic rings. The lowest BCUT2D eigenvalue weighted by Crippen LogP contribution is -2.25. The minimum atomic E-state index is -3.90. The topological polar surface area (TPSA) is 66.9 Å². The van der Waals surface area contributed by atoms with Gasteiger partial charge in [0.25, 0.3) is 0 Å². The van der Waals surface area contributed by atoms with Crippen molar-refractivity contribution in [3.05, 3.63) is 34.7 Å². The predicted octanol–water partition coefficient (Wildman–Crippen LogP) is 3.66. The number of aromatic nitrogens is 1. The molecule has 3 rings (SSSR count). The van der Waals surface area contributed by atoms with Gasteiger partial charge in [0.15, 0.2) is 17.2 Å². The van der Waals surface area contributed by atoms with E-state index in [-0.39, 0.29) is 33.5 Å². The third-order valence-corrected chi connectivity index (χ3v) is 3.57. The SMILES string of the molecule is COC(=O)c1nc(-c2cc3c(cc2F)OC(F)(F)O3)c(OC)cc1Cl. The fourth-order valence-corrected chi connectivity index (χ4v) is 2.43. The van der Waals surface area contributed by atoms with Crippen molar-refractivity contribution >= 4 is 17.6 Å². The number of halogens is 4. The highest BCUT2D eigenvalue weighted by molar-refractivity contribution is 6.33. The fourth-order valence-electron chi connectivity index (χ4n) is 2.21. The van der Waals surface area contributed by atoms with Crippen molar-refractivity contribution in [3.63, 3.8) is 0 Å². The Kier molecular flexibility index (Phi) is 4.11. The van der Waals surface area contributed by atoms with Crippen LogP contribution in [0.4, 0.5) is 13.2 Å². The van der Waals surface area contributed by atoms with Crippen LogP contribution in [0.15, 0.2) is 18.2 Å². The molecule has 10 heteroatoms. The van der Waals surface area contributed by atoms with E-state index in [1.807, 2.05) is 0 Å². The number of nitrogens with zero attached hydrogens (tertiary/aromatic N) is 1. The second kappa shape index (κ2) is 5.99. The van der Waals surface area contributed by atoms with Crippen LogP contribution in [0, 0.1) is 5.82 Å². The lowest BCUT2D eigenvalue weighted by Gasteiger charge is -2.12. The molecule has 0 radical (unpaired) electrons. The number of carbonyl (C=O) groups is 1. The van der Waals surface area contributed by atoms with Crippen molar-refractivity contribution < 1.29 is 36.9 Å².